The minimum atomic E-state index is -0.608. The maximum Gasteiger partial charge on any atom is 0.410 e. The summed E-state index contributed by atoms with van der Waals surface area (Å²) < 4.78 is 6.52. The zero-order valence-corrected chi connectivity index (χ0v) is 18.2. The molecule has 2 aliphatic rings. The molecule has 1 saturated carbocycles. The van der Waals surface area contributed by atoms with Gasteiger partial charge in [-0.15, -0.1) is 0 Å². The maximum absolute atomic E-state index is 12.3. The van der Waals surface area contributed by atoms with Gasteiger partial charge in [0.05, 0.1) is 5.60 Å². The third kappa shape index (κ3) is 5.24. The molecule has 1 atom stereocenters. The lowest BCUT2D eigenvalue weighted by molar-refractivity contribution is -0.0672. The van der Waals surface area contributed by atoms with Crippen molar-refractivity contribution in [3.8, 4) is 0 Å². The smallest absolute Gasteiger partial charge is 0.410 e. The molecule has 1 unspecified atom stereocenters. The Morgan fingerprint density at radius 2 is 1.93 bits per heavy atom. The number of rotatable bonds is 4. The quantitative estimate of drug-likeness (QED) is 0.771. The summed E-state index contributed by atoms with van der Waals surface area (Å²) in [7, 11) is 0. The summed E-state index contributed by atoms with van der Waals surface area (Å²) >= 11 is 3.56. The number of carbonyl (C=O) groups excluding carboxylic acids is 1. The van der Waals surface area contributed by atoms with Crippen molar-refractivity contribution in [1.29, 1.82) is 0 Å². The second kappa shape index (κ2) is 8.10. The normalized spacial score (nSPS) is 21.4. The molecular weight excluding hydrogens is 408 g/mol. The molecule has 0 spiro atoms. The molecule has 1 aliphatic carbocycles. The van der Waals surface area contributed by atoms with Crippen molar-refractivity contribution in [3.63, 3.8) is 0 Å². The molecule has 6 heteroatoms. The minimum Gasteiger partial charge on any atom is -0.444 e. The molecule has 1 aliphatic heterocycles. The lowest BCUT2D eigenvalue weighted by Crippen LogP contribution is -2.53. The number of amides is 1. The van der Waals surface area contributed by atoms with E-state index in [-0.39, 0.29) is 12.0 Å². The summed E-state index contributed by atoms with van der Waals surface area (Å²) in [4.78, 5) is 16.4. The molecule has 0 bridgehead atoms. The van der Waals surface area contributed by atoms with Crippen LogP contribution in [0.2, 0.25) is 0 Å². The van der Waals surface area contributed by atoms with E-state index in [1.165, 1.54) is 5.56 Å². The van der Waals surface area contributed by atoms with Gasteiger partial charge in [-0.25, -0.2) is 4.79 Å². The second-order valence-electron chi connectivity index (χ2n) is 8.83. The van der Waals surface area contributed by atoms with Crippen LogP contribution in [0.25, 0.3) is 0 Å². The summed E-state index contributed by atoms with van der Waals surface area (Å²) in [6, 6.07) is 8.29. The third-order valence-electron chi connectivity index (χ3n) is 5.58. The lowest BCUT2D eigenvalue weighted by Gasteiger charge is -2.46. The average molecular weight is 439 g/mol. The Morgan fingerprint density at radius 3 is 2.44 bits per heavy atom. The van der Waals surface area contributed by atoms with Crippen molar-refractivity contribution in [2.75, 3.05) is 32.7 Å². The van der Waals surface area contributed by atoms with E-state index in [0.717, 1.165) is 43.4 Å². The van der Waals surface area contributed by atoms with Crippen LogP contribution in [-0.2, 0) is 4.74 Å². The van der Waals surface area contributed by atoms with E-state index in [1.807, 2.05) is 32.9 Å². The van der Waals surface area contributed by atoms with Gasteiger partial charge in [0.2, 0.25) is 0 Å². The molecule has 1 aromatic carbocycles. The predicted molar refractivity (Wildman–Crippen MR) is 110 cm³/mol. The molecule has 1 N–H and O–H groups in total. The zero-order valence-electron chi connectivity index (χ0n) is 16.6. The van der Waals surface area contributed by atoms with Crippen molar-refractivity contribution < 1.29 is 14.6 Å². The molecule has 1 aromatic rings. The first-order chi connectivity index (χ1) is 12.7. The highest BCUT2D eigenvalue weighted by Gasteiger charge is 2.44. The molecule has 1 amide bonds. The van der Waals surface area contributed by atoms with E-state index in [9.17, 15) is 9.90 Å². The first-order valence-corrected chi connectivity index (χ1v) is 10.6. The van der Waals surface area contributed by atoms with Gasteiger partial charge >= 0.3 is 6.09 Å². The summed E-state index contributed by atoms with van der Waals surface area (Å²) in [5.74, 6) is 0.0943. The maximum atomic E-state index is 12.3. The van der Waals surface area contributed by atoms with Crippen LogP contribution in [0.3, 0.4) is 0 Å². The SMILES string of the molecule is CC(C)(C)OC(=O)N1CCN(CC(c2cccc(Br)c2)C2(O)CCC2)CC1. The second-order valence-corrected chi connectivity index (χ2v) is 9.75. The van der Waals surface area contributed by atoms with Crippen LogP contribution < -0.4 is 0 Å². The number of hydrogen-bond donors (Lipinski definition) is 1. The number of carbonyl (C=O) groups is 1. The Bertz CT molecular complexity index is 662. The van der Waals surface area contributed by atoms with E-state index < -0.39 is 11.2 Å². The predicted octanol–water partition coefficient (Wildman–Crippen LogP) is 4.00. The first kappa shape index (κ1) is 20.6. The van der Waals surface area contributed by atoms with Crippen LogP contribution in [0.4, 0.5) is 4.79 Å². The molecule has 0 aromatic heterocycles. The van der Waals surface area contributed by atoms with Gasteiger partial charge in [0, 0.05) is 43.1 Å². The number of nitrogens with zero attached hydrogens (tertiary/aromatic N) is 2. The highest BCUT2D eigenvalue weighted by atomic mass is 79.9. The van der Waals surface area contributed by atoms with Crippen LogP contribution in [0.5, 0.6) is 0 Å². The molecule has 2 fully saturated rings. The van der Waals surface area contributed by atoms with E-state index in [2.05, 4.69) is 33.0 Å². The molecule has 1 saturated heterocycles. The highest BCUT2D eigenvalue weighted by Crippen LogP contribution is 2.44. The molecule has 1 heterocycles. The van der Waals surface area contributed by atoms with Gasteiger partial charge in [0.25, 0.3) is 0 Å². The Hall–Kier alpha value is -1.11. The molecule has 27 heavy (non-hydrogen) atoms. The Kier molecular flexibility index (Phi) is 6.18. The fraction of sp³-hybridized carbons (Fsp3) is 0.667. The number of aliphatic hydroxyl groups is 1. The Balaban J connectivity index is 1.62. The fourth-order valence-corrected chi connectivity index (χ4v) is 4.31. The largest absolute Gasteiger partial charge is 0.444 e. The Labute approximate surface area is 170 Å². The van der Waals surface area contributed by atoms with Gasteiger partial charge in [-0.2, -0.15) is 0 Å². The van der Waals surface area contributed by atoms with Crippen molar-refractivity contribution in [2.24, 2.45) is 0 Å². The summed E-state index contributed by atoms with van der Waals surface area (Å²) in [5.41, 5.74) is 0.109. The van der Waals surface area contributed by atoms with Crippen molar-refractivity contribution in [1.82, 2.24) is 9.80 Å². The first-order valence-electron chi connectivity index (χ1n) is 9.84. The topological polar surface area (TPSA) is 53.0 Å². The molecule has 0 radical (unpaired) electrons. The van der Waals surface area contributed by atoms with Crippen molar-refractivity contribution in [2.45, 2.75) is 57.2 Å². The molecule has 3 rings (SSSR count). The van der Waals surface area contributed by atoms with E-state index >= 15 is 0 Å². The third-order valence-corrected chi connectivity index (χ3v) is 6.08. The van der Waals surface area contributed by atoms with Gasteiger partial charge in [-0.1, -0.05) is 28.1 Å². The highest BCUT2D eigenvalue weighted by molar-refractivity contribution is 9.10. The standard InChI is InChI=1S/C21H31BrN2O3/c1-20(2,3)27-19(25)24-12-10-23(11-13-24)15-18(21(26)8-5-9-21)16-6-4-7-17(22)14-16/h4,6-7,14,18,26H,5,8-13,15H2,1-3H3. The van der Waals surface area contributed by atoms with Crippen LogP contribution in [0.1, 0.15) is 51.5 Å². The Morgan fingerprint density at radius 1 is 1.26 bits per heavy atom. The van der Waals surface area contributed by atoms with Crippen LogP contribution >= 0.6 is 15.9 Å². The summed E-state index contributed by atoms with van der Waals surface area (Å²) in [6.45, 7) is 9.43. The van der Waals surface area contributed by atoms with E-state index in [1.54, 1.807) is 4.90 Å². The zero-order chi connectivity index (χ0) is 19.7. The van der Waals surface area contributed by atoms with Crippen LogP contribution in [-0.4, -0.2) is 64.9 Å². The molecular formula is C21H31BrN2O3. The number of hydrogen-bond acceptors (Lipinski definition) is 4. The summed E-state index contributed by atoms with van der Waals surface area (Å²) in [6.07, 6.45) is 2.58. The summed E-state index contributed by atoms with van der Waals surface area (Å²) in [5, 5.41) is 11.1. The van der Waals surface area contributed by atoms with Gasteiger partial charge in [0.15, 0.2) is 0 Å². The van der Waals surface area contributed by atoms with Crippen LogP contribution in [0, 0.1) is 0 Å². The minimum absolute atomic E-state index is 0.0943. The average Bonchev–Trinajstić information content (AvgIpc) is 2.56. The lowest BCUT2D eigenvalue weighted by atomic mass is 9.68. The number of ether oxygens (including phenoxy) is 1. The monoisotopic (exact) mass is 438 g/mol. The number of piperazine rings is 1. The number of benzene rings is 1. The van der Waals surface area contributed by atoms with Gasteiger partial charge in [-0.05, 0) is 57.7 Å². The van der Waals surface area contributed by atoms with Gasteiger partial charge < -0.3 is 14.7 Å². The fourth-order valence-electron chi connectivity index (χ4n) is 3.89. The molecule has 5 nitrogen and oxygen atoms in total. The number of halogens is 1. The van der Waals surface area contributed by atoms with E-state index in [0.29, 0.717) is 13.1 Å². The van der Waals surface area contributed by atoms with Crippen molar-refractivity contribution in [3.05, 3.63) is 34.3 Å². The van der Waals surface area contributed by atoms with Gasteiger partial charge in [0.1, 0.15) is 5.60 Å². The van der Waals surface area contributed by atoms with Crippen LogP contribution in [0.15, 0.2) is 28.7 Å². The van der Waals surface area contributed by atoms with Gasteiger partial charge in [-0.3, -0.25) is 4.90 Å². The van der Waals surface area contributed by atoms with Crippen molar-refractivity contribution >= 4 is 22.0 Å². The molecule has 150 valence electrons. The van der Waals surface area contributed by atoms with E-state index in [4.69, 9.17) is 4.74 Å².